The minimum Gasteiger partial charge on any atom is -0.418 e. The summed E-state index contributed by atoms with van der Waals surface area (Å²) in [6, 6.07) is 7.91. The molecule has 0 aliphatic heterocycles. The predicted octanol–water partition coefficient (Wildman–Crippen LogP) is 3.41. The molecule has 1 rings (SSSR count). The molecule has 94 valence electrons. The average molecular weight is 249 g/mol. The summed E-state index contributed by atoms with van der Waals surface area (Å²) in [4.78, 5) is 5.09. The van der Waals surface area contributed by atoms with Crippen molar-refractivity contribution < 1.29 is 17.3 Å². The van der Waals surface area contributed by atoms with Crippen LogP contribution in [0.1, 0.15) is 5.56 Å². The zero-order valence-corrected chi connectivity index (χ0v) is 9.45. The summed E-state index contributed by atoms with van der Waals surface area (Å²) in [5.74, 6) is 0. The number of diazo groups is 1. The standard InChI is InChI=1S/C9H12N3.BF4/c1-12(2)9-5-3-8(4-6-9)7-11-10;2-1(3,4)5/h3-6H,7H2,1-2H3;/q+1;-1. The molecule has 0 fully saturated rings. The maximum Gasteiger partial charge on any atom is 0.673 e. The molecular formula is C9H12BF4N3. The van der Waals surface area contributed by atoms with Crippen molar-refractivity contribution in [2.45, 2.75) is 6.54 Å². The van der Waals surface area contributed by atoms with Gasteiger partial charge < -0.3 is 22.2 Å². The lowest BCUT2D eigenvalue weighted by atomic mass is 10.2. The van der Waals surface area contributed by atoms with Crippen LogP contribution in [0.5, 0.6) is 0 Å². The molecule has 0 bridgehead atoms. The zero-order chi connectivity index (χ0) is 13.5. The summed E-state index contributed by atoms with van der Waals surface area (Å²) in [5, 5.41) is 8.31. The Morgan fingerprint density at radius 1 is 1.12 bits per heavy atom. The molecule has 0 unspecified atom stereocenters. The Kier molecular flexibility index (Phi) is 6.03. The van der Waals surface area contributed by atoms with Crippen LogP contribution in [0.3, 0.4) is 0 Å². The summed E-state index contributed by atoms with van der Waals surface area (Å²) in [5.41, 5.74) is 2.17. The number of hydrogen-bond acceptors (Lipinski definition) is 2. The Labute approximate surface area is 96.8 Å². The number of hydrogen-bond donors (Lipinski definition) is 0. The quantitative estimate of drug-likeness (QED) is 0.457. The molecule has 0 aliphatic rings. The van der Waals surface area contributed by atoms with Crippen LogP contribution in [0.25, 0.3) is 4.98 Å². The fourth-order valence-electron chi connectivity index (χ4n) is 0.981. The minimum atomic E-state index is -6.00. The molecule has 0 radical (unpaired) electrons. The molecule has 0 atom stereocenters. The largest absolute Gasteiger partial charge is 0.673 e. The highest BCUT2D eigenvalue weighted by Gasteiger charge is 2.20. The Morgan fingerprint density at radius 2 is 1.53 bits per heavy atom. The van der Waals surface area contributed by atoms with Crippen molar-refractivity contribution in [1.82, 2.24) is 0 Å². The maximum atomic E-state index is 9.75. The van der Waals surface area contributed by atoms with E-state index in [0.29, 0.717) is 6.54 Å². The average Bonchev–Trinajstić information content (AvgIpc) is 2.16. The fraction of sp³-hybridized carbons (Fsp3) is 0.333. The van der Waals surface area contributed by atoms with E-state index in [9.17, 15) is 17.3 Å². The van der Waals surface area contributed by atoms with Crippen LogP contribution in [0, 0.1) is 5.39 Å². The molecule has 0 aromatic heterocycles. The van der Waals surface area contributed by atoms with E-state index in [1.54, 1.807) is 0 Å². The van der Waals surface area contributed by atoms with Gasteiger partial charge in [0.15, 0.2) is 0 Å². The van der Waals surface area contributed by atoms with Crippen LogP contribution in [-0.2, 0) is 6.54 Å². The third-order valence-corrected chi connectivity index (χ3v) is 1.71. The minimum absolute atomic E-state index is 0.369. The van der Waals surface area contributed by atoms with Crippen LogP contribution < -0.4 is 4.90 Å². The molecule has 0 N–H and O–H groups in total. The molecule has 1 aromatic carbocycles. The van der Waals surface area contributed by atoms with Crippen molar-refractivity contribution in [2.24, 2.45) is 0 Å². The van der Waals surface area contributed by atoms with Gasteiger partial charge in [0.25, 0.3) is 0 Å². The second-order valence-corrected chi connectivity index (χ2v) is 3.36. The van der Waals surface area contributed by atoms with Gasteiger partial charge in [0.2, 0.25) is 5.39 Å². The molecule has 0 saturated heterocycles. The molecule has 0 aliphatic carbocycles. The molecule has 0 spiro atoms. The Bertz CT molecular complexity index is 363. The summed E-state index contributed by atoms with van der Waals surface area (Å²) in [7, 11) is -2.02. The molecular weight excluding hydrogens is 237 g/mol. The van der Waals surface area contributed by atoms with Crippen molar-refractivity contribution in [2.75, 3.05) is 19.0 Å². The van der Waals surface area contributed by atoms with Gasteiger partial charge in [-0.05, 0) is 24.3 Å². The Hall–Kier alpha value is -1.78. The molecule has 0 heterocycles. The van der Waals surface area contributed by atoms with Crippen LogP contribution in [0.4, 0.5) is 23.0 Å². The molecule has 1 aromatic rings. The van der Waals surface area contributed by atoms with Crippen LogP contribution in [0.2, 0.25) is 0 Å². The van der Waals surface area contributed by atoms with E-state index in [1.165, 1.54) is 0 Å². The van der Waals surface area contributed by atoms with Crippen molar-refractivity contribution >= 4 is 12.9 Å². The first-order valence-corrected chi connectivity index (χ1v) is 4.68. The molecule has 17 heavy (non-hydrogen) atoms. The van der Waals surface area contributed by atoms with Gasteiger partial charge in [-0.15, -0.1) is 0 Å². The van der Waals surface area contributed by atoms with Gasteiger partial charge in [-0.3, -0.25) is 0 Å². The number of anilines is 1. The molecule has 0 amide bonds. The zero-order valence-electron chi connectivity index (χ0n) is 9.45. The number of benzene rings is 1. The smallest absolute Gasteiger partial charge is 0.418 e. The lowest BCUT2D eigenvalue weighted by Gasteiger charge is -2.11. The van der Waals surface area contributed by atoms with Gasteiger partial charge in [0, 0.05) is 25.3 Å². The highest BCUT2D eigenvalue weighted by atomic mass is 19.5. The van der Waals surface area contributed by atoms with E-state index in [2.05, 4.69) is 4.98 Å². The lowest BCUT2D eigenvalue weighted by molar-refractivity contribution is 0.368. The first-order valence-electron chi connectivity index (χ1n) is 4.68. The highest BCUT2D eigenvalue weighted by Crippen LogP contribution is 2.12. The van der Waals surface area contributed by atoms with Gasteiger partial charge in [-0.25, -0.2) is 0 Å². The highest BCUT2D eigenvalue weighted by molar-refractivity contribution is 6.50. The van der Waals surface area contributed by atoms with Gasteiger partial charge in [-0.1, -0.05) is 0 Å². The van der Waals surface area contributed by atoms with Crippen molar-refractivity contribution in [3.8, 4) is 0 Å². The van der Waals surface area contributed by atoms with Gasteiger partial charge in [0.1, 0.15) is 4.98 Å². The van der Waals surface area contributed by atoms with Crippen molar-refractivity contribution in [1.29, 1.82) is 5.39 Å². The van der Waals surface area contributed by atoms with Crippen molar-refractivity contribution in [3.63, 3.8) is 0 Å². The summed E-state index contributed by atoms with van der Waals surface area (Å²) < 4.78 is 39.0. The maximum absolute atomic E-state index is 9.75. The molecule has 3 nitrogen and oxygen atoms in total. The number of halogens is 4. The second kappa shape index (κ2) is 6.73. The van der Waals surface area contributed by atoms with E-state index in [1.807, 2.05) is 43.3 Å². The third-order valence-electron chi connectivity index (χ3n) is 1.71. The van der Waals surface area contributed by atoms with E-state index >= 15 is 0 Å². The summed E-state index contributed by atoms with van der Waals surface area (Å²) in [6.07, 6.45) is 0. The first-order chi connectivity index (χ1) is 7.74. The van der Waals surface area contributed by atoms with E-state index < -0.39 is 7.25 Å². The fourth-order valence-corrected chi connectivity index (χ4v) is 0.981. The predicted molar refractivity (Wildman–Crippen MR) is 59.7 cm³/mol. The Balaban J connectivity index is 0.000000437. The van der Waals surface area contributed by atoms with E-state index in [4.69, 9.17) is 5.39 Å². The Morgan fingerprint density at radius 3 is 1.82 bits per heavy atom. The first kappa shape index (κ1) is 15.2. The van der Waals surface area contributed by atoms with Gasteiger partial charge >= 0.3 is 13.8 Å². The SMILES string of the molecule is CN(C)c1ccc(C[N+]#N)cc1.F[B-](F)(F)F. The summed E-state index contributed by atoms with van der Waals surface area (Å²) in [6.45, 7) is 0.369. The van der Waals surface area contributed by atoms with E-state index in [-0.39, 0.29) is 0 Å². The topological polar surface area (TPSA) is 31.4 Å². The normalized spacial score (nSPS) is 9.94. The van der Waals surface area contributed by atoms with Crippen molar-refractivity contribution in [3.05, 3.63) is 34.8 Å². The second-order valence-electron chi connectivity index (χ2n) is 3.36. The van der Waals surface area contributed by atoms with Gasteiger partial charge in [-0.2, -0.15) is 0 Å². The molecule has 8 heteroatoms. The van der Waals surface area contributed by atoms with Gasteiger partial charge in [0.05, 0.1) is 0 Å². The molecule has 0 saturated carbocycles. The number of nitrogens with zero attached hydrogens (tertiary/aromatic N) is 3. The third kappa shape index (κ3) is 9.17. The van der Waals surface area contributed by atoms with E-state index in [0.717, 1.165) is 11.3 Å². The van der Waals surface area contributed by atoms with Crippen LogP contribution >= 0.6 is 0 Å². The number of rotatable bonds is 2. The lowest BCUT2D eigenvalue weighted by Crippen LogP contribution is -2.08. The van der Waals surface area contributed by atoms with Crippen LogP contribution in [-0.4, -0.2) is 21.3 Å². The summed E-state index contributed by atoms with van der Waals surface area (Å²) >= 11 is 0. The monoisotopic (exact) mass is 249 g/mol. The van der Waals surface area contributed by atoms with Crippen LogP contribution in [0.15, 0.2) is 24.3 Å².